The van der Waals surface area contributed by atoms with Crippen LogP contribution in [0.15, 0.2) is 4.99 Å². The summed E-state index contributed by atoms with van der Waals surface area (Å²) in [5, 5.41) is 0. The number of hydrogen-bond acceptors (Lipinski definition) is 1. The summed E-state index contributed by atoms with van der Waals surface area (Å²) in [6.07, 6.45) is 11.2. The third-order valence-electron chi connectivity index (χ3n) is 3.59. The summed E-state index contributed by atoms with van der Waals surface area (Å²) in [7, 11) is 0. The molecule has 1 fully saturated rings. The van der Waals surface area contributed by atoms with Crippen molar-refractivity contribution in [3.05, 3.63) is 0 Å². The molecule has 1 unspecified atom stereocenters. The van der Waals surface area contributed by atoms with Crippen molar-refractivity contribution in [3.63, 3.8) is 0 Å². The van der Waals surface area contributed by atoms with Crippen molar-refractivity contribution in [2.45, 2.75) is 58.3 Å². The number of nitrogens with zero attached hydrogens (tertiary/aromatic N) is 1. The summed E-state index contributed by atoms with van der Waals surface area (Å²) in [6, 6.07) is 0. The second kappa shape index (κ2) is 4.95. The van der Waals surface area contributed by atoms with Crippen molar-refractivity contribution < 1.29 is 0 Å². The van der Waals surface area contributed by atoms with Gasteiger partial charge in [-0.3, -0.25) is 4.99 Å². The van der Waals surface area contributed by atoms with Crippen LogP contribution in [-0.4, -0.2) is 12.3 Å². The van der Waals surface area contributed by atoms with E-state index in [0.717, 1.165) is 18.4 Å². The van der Waals surface area contributed by atoms with E-state index in [4.69, 9.17) is 4.99 Å². The van der Waals surface area contributed by atoms with Gasteiger partial charge in [-0.05, 0) is 37.5 Å². The Morgan fingerprint density at radius 2 is 1.64 bits per heavy atom. The molecule has 14 heavy (non-hydrogen) atoms. The van der Waals surface area contributed by atoms with Gasteiger partial charge in [-0.15, -0.1) is 0 Å². The van der Waals surface area contributed by atoms with Crippen LogP contribution in [0.2, 0.25) is 0 Å². The molecule has 2 aliphatic rings. The molecule has 1 saturated carbocycles. The minimum atomic E-state index is 0.778. The molecule has 0 saturated heterocycles. The van der Waals surface area contributed by atoms with Gasteiger partial charge >= 0.3 is 0 Å². The van der Waals surface area contributed by atoms with E-state index in [1.54, 1.807) is 5.71 Å². The van der Waals surface area contributed by atoms with Crippen LogP contribution in [0.3, 0.4) is 0 Å². The molecule has 0 aromatic rings. The first-order valence-corrected chi connectivity index (χ1v) is 6.42. The molecular formula is C13H23N. The lowest BCUT2D eigenvalue weighted by molar-refractivity contribution is 0.543. The number of rotatable bonds is 1. The summed E-state index contributed by atoms with van der Waals surface area (Å²) in [6.45, 7) is 3.49. The van der Waals surface area contributed by atoms with Gasteiger partial charge in [0.05, 0.1) is 0 Å². The fourth-order valence-corrected chi connectivity index (χ4v) is 2.52. The van der Waals surface area contributed by atoms with Crippen molar-refractivity contribution in [1.82, 2.24) is 0 Å². The minimum absolute atomic E-state index is 0.778. The van der Waals surface area contributed by atoms with E-state index in [1.807, 2.05) is 0 Å². The Bertz CT molecular complexity index is 203. The Hall–Kier alpha value is -0.330. The second-order valence-electron chi connectivity index (χ2n) is 5.04. The van der Waals surface area contributed by atoms with Crippen molar-refractivity contribution in [2.24, 2.45) is 16.8 Å². The molecule has 0 bridgehead atoms. The highest BCUT2D eigenvalue weighted by molar-refractivity contribution is 5.90. The molecule has 0 radical (unpaired) electrons. The largest absolute Gasteiger partial charge is 0.294 e. The first-order chi connectivity index (χ1) is 6.88. The second-order valence-corrected chi connectivity index (χ2v) is 5.04. The summed E-state index contributed by atoms with van der Waals surface area (Å²) in [4.78, 5) is 4.84. The van der Waals surface area contributed by atoms with Crippen LogP contribution in [0.25, 0.3) is 0 Å². The van der Waals surface area contributed by atoms with E-state index in [2.05, 4.69) is 6.92 Å². The molecule has 1 aliphatic heterocycles. The van der Waals surface area contributed by atoms with E-state index in [9.17, 15) is 0 Å². The van der Waals surface area contributed by atoms with Crippen molar-refractivity contribution in [2.75, 3.05) is 6.54 Å². The van der Waals surface area contributed by atoms with Gasteiger partial charge in [0.2, 0.25) is 0 Å². The molecule has 1 atom stereocenters. The summed E-state index contributed by atoms with van der Waals surface area (Å²) in [5.41, 5.74) is 1.58. The van der Waals surface area contributed by atoms with E-state index in [1.165, 1.54) is 51.4 Å². The Balaban J connectivity index is 1.95. The van der Waals surface area contributed by atoms with Gasteiger partial charge in [-0.2, -0.15) is 0 Å². The van der Waals surface area contributed by atoms with Gasteiger partial charge < -0.3 is 0 Å². The maximum Gasteiger partial charge on any atom is 0.0388 e. The molecular weight excluding hydrogens is 170 g/mol. The van der Waals surface area contributed by atoms with Crippen LogP contribution in [0.4, 0.5) is 0 Å². The molecule has 1 aliphatic carbocycles. The maximum absolute atomic E-state index is 4.84. The number of aliphatic imine (C=N–C) groups is 1. The first-order valence-electron chi connectivity index (χ1n) is 6.42. The average Bonchev–Trinajstić information content (AvgIpc) is 2.99. The van der Waals surface area contributed by atoms with Gasteiger partial charge in [-0.1, -0.05) is 32.6 Å². The lowest BCUT2D eigenvalue weighted by Gasteiger charge is -2.16. The maximum atomic E-state index is 4.84. The molecule has 0 spiro atoms. The van der Waals surface area contributed by atoms with Crippen LogP contribution < -0.4 is 0 Å². The zero-order valence-electron chi connectivity index (χ0n) is 9.47. The summed E-state index contributed by atoms with van der Waals surface area (Å²) >= 11 is 0. The molecule has 1 heterocycles. The summed E-state index contributed by atoms with van der Waals surface area (Å²) in [5.74, 6) is 1.67. The predicted octanol–water partition coefficient (Wildman–Crippen LogP) is 3.83. The molecule has 0 N–H and O–H groups in total. The smallest absolute Gasteiger partial charge is 0.0388 e. The zero-order valence-corrected chi connectivity index (χ0v) is 9.47. The summed E-state index contributed by atoms with van der Waals surface area (Å²) < 4.78 is 0. The van der Waals surface area contributed by atoms with E-state index in [0.29, 0.717) is 0 Å². The van der Waals surface area contributed by atoms with Gasteiger partial charge in [0.15, 0.2) is 0 Å². The fraction of sp³-hybridized carbons (Fsp3) is 0.923. The highest BCUT2D eigenvalue weighted by atomic mass is 14.8. The fourth-order valence-electron chi connectivity index (χ4n) is 2.52. The van der Waals surface area contributed by atoms with Crippen LogP contribution >= 0.6 is 0 Å². The van der Waals surface area contributed by atoms with E-state index >= 15 is 0 Å². The molecule has 2 rings (SSSR count). The molecule has 0 aromatic heterocycles. The SMILES string of the molecule is CC1CCCCCCCN=C1C1CC1. The normalized spacial score (nSPS) is 30.9. The molecule has 80 valence electrons. The van der Waals surface area contributed by atoms with Crippen LogP contribution in [0, 0.1) is 11.8 Å². The number of hydrogen-bond donors (Lipinski definition) is 0. The first kappa shape index (κ1) is 10.2. The molecule has 0 amide bonds. The minimum Gasteiger partial charge on any atom is -0.294 e. The highest BCUT2D eigenvalue weighted by Gasteiger charge is 2.30. The Labute approximate surface area is 88.0 Å². The zero-order chi connectivity index (χ0) is 9.80. The Morgan fingerprint density at radius 3 is 2.43 bits per heavy atom. The third kappa shape index (κ3) is 2.83. The van der Waals surface area contributed by atoms with Gasteiger partial charge in [0.25, 0.3) is 0 Å². The standard InChI is InChI=1S/C13H23N/c1-11-7-5-3-2-4-6-10-14-13(11)12-8-9-12/h11-12H,2-10H2,1H3. The van der Waals surface area contributed by atoms with Gasteiger partial charge in [-0.25, -0.2) is 0 Å². The highest BCUT2D eigenvalue weighted by Crippen LogP contribution is 2.35. The average molecular weight is 193 g/mol. The van der Waals surface area contributed by atoms with Crippen molar-refractivity contribution >= 4 is 5.71 Å². The molecule has 1 heteroatoms. The Morgan fingerprint density at radius 1 is 0.929 bits per heavy atom. The van der Waals surface area contributed by atoms with Crippen molar-refractivity contribution in [1.29, 1.82) is 0 Å². The predicted molar refractivity (Wildman–Crippen MR) is 61.9 cm³/mol. The van der Waals surface area contributed by atoms with Gasteiger partial charge in [0.1, 0.15) is 0 Å². The van der Waals surface area contributed by atoms with Gasteiger partial charge in [0, 0.05) is 12.3 Å². The van der Waals surface area contributed by atoms with Crippen molar-refractivity contribution in [3.8, 4) is 0 Å². The third-order valence-corrected chi connectivity index (χ3v) is 3.59. The molecule has 0 aromatic carbocycles. The quantitative estimate of drug-likeness (QED) is 0.600. The molecule has 1 nitrogen and oxygen atoms in total. The lowest BCUT2D eigenvalue weighted by Crippen LogP contribution is -2.15. The van der Waals surface area contributed by atoms with Crippen LogP contribution in [0.1, 0.15) is 58.3 Å². The Kier molecular flexibility index (Phi) is 3.61. The topological polar surface area (TPSA) is 12.4 Å². The van der Waals surface area contributed by atoms with Crippen LogP contribution in [0.5, 0.6) is 0 Å². The lowest BCUT2D eigenvalue weighted by atomic mass is 9.94. The van der Waals surface area contributed by atoms with Crippen LogP contribution in [-0.2, 0) is 0 Å². The van der Waals surface area contributed by atoms with E-state index in [-0.39, 0.29) is 0 Å². The monoisotopic (exact) mass is 193 g/mol. The van der Waals surface area contributed by atoms with E-state index < -0.39 is 0 Å².